The van der Waals surface area contributed by atoms with E-state index < -0.39 is 11.7 Å². The van der Waals surface area contributed by atoms with Crippen molar-refractivity contribution in [3.63, 3.8) is 0 Å². The Bertz CT molecular complexity index is 508. The number of piperazine rings is 1. The van der Waals surface area contributed by atoms with Crippen molar-refractivity contribution in [2.24, 2.45) is 5.92 Å². The van der Waals surface area contributed by atoms with Crippen LogP contribution in [0.5, 0.6) is 0 Å². The zero-order chi connectivity index (χ0) is 15.0. The molecule has 0 aromatic heterocycles. The quantitative estimate of drug-likeness (QED) is 0.878. The molecule has 2 nitrogen and oxygen atoms in total. The van der Waals surface area contributed by atoms with Gasteiger partial charge in [0.15, 0.2) is 0 Å². The Morgan fingerprint density at radius 3 is 2.43 bits per heavy atom. The van der Waals surface area contributed by atoms with E-state index in [1.165, 1.54) is 12.1 Å². The summed E-state index contributed by atoms with van der Waals surface area (Å²) in [6.07, 6.45) is -2.07. The first-order valence-corrected chi connectivity index (χ1v) is 8.07. The highest BCUT2D eigenvalue weighted by molar-refractivity contribution is 9.10. The molecule has 0 bridgehead atoms. The van der Waals surface area contributed by atoms with Crippen molar-refractivity contribution in [1.29, 1.82) is 0 Å². The van der Waals surface area contributed by atoms with Gasteiger partial charge in [-0.1, -0.05) is 15.9 Å². The molecule has 116 valence electrons. The number of alkyl halides is 3. The summed E-state index contributed by atoms with van der Waals surface area (Å²) in [7, 11) is 0. The van der Waals surface area contributed by atoms with Crippen LogP contribution < -0.4 is 5.32 Å². The third kappa shape index (κ3) is 3.43. The van der Waals surface area contributed by atoms with Gasteiger partial charge in [-0.25, -0.2) is 0 Å². The molecule has 1 aliphatic carbocycles. The average Bonchev–Trinajstić information content (AvgIpc) is 3.26. The fraction of sp³-hybridized carbons (Fsp3) is 0.600. The van der Waals surface area contributed by atoms with E-state index >= 15 is 0 Å². The molecule has 1 atom stereocenters. The molecule has 1 saturated heterocycles. The van der Waals surface area contributed by atoms with Gasteiger partial charge in [0.05, 0.1) is 5.56 Å². The molecule has 0 spiro atoms. The maximum atomic E-state index is 13.0. The summed E-state index contributed by atoms with van der Waals surface area (Å²) in [4.78, 5) is 2.33. The number of hydrogen-bond donors (Lipinski definition) is 1. The van der Waals surface area contributed by atoms with Gasteiger partial charge in [0, 0.05) is 36.7 Å². The molecular weight excluding hydrogens is 345 g/mol. The van der Waals surface area contributed by atoms with Crippen LogP contribution >= 0.6 is 15.9 Å². The van der Waals surface area contributed by atoms with Crippen LogP contribution in [0.15, 0.2) is 22.7 Å². The number of halogens is 4. The predicted molar refractivity (Wildman–Crippen MR) is 79.1 cm³/mol. The molecule has 1 saturated carbocycles. The third-order valence-corrected chi connectivity index (χ3v) is 4.98. The number of nitrogens with zero attached hydrogens (tertiary/aromatic N) is 1. The first-order valence-electron chi connectivity index (χ1n) is 7.28. The molecular formula is C15H18BrF3N2. The molecule has 2 aliphatic rings. The average molecular weight is 363 g/mol. The molecule has 1 aromatic rings. The Hall–Kier alpha value is -0.590. The van der Waals surface area contributed by atoms with Gasteiger partial charge in [0.2, 0.25) is 0 Å². The fourth-order valence-corrected chi connectivity index (χ4v) is 3.55. The largest absolute Gasteiger partial charge is 0.416 e. The van der Waals surface area contributed by atoms with Crippen molar-refractivity contribution in [2.45, 2.75) is 25.1 Å². The highest BCUT2D eigenvalue weighted by Gasteiger charge is 2.39. The lowest BCUT2D eigenvalue weighted by molar-refractivity contribution is -0.137. The summed E-state index contributed by atoms with van der Waals surface area (Å²) < 4.78 is 39.7. The summed E-state index contributed by atoms with van der Waals surface area (Å²) in [5.74, 6) is 0.489. The molecule has 6 heteroatoms. The summed E-state index contributed by atoms with van der Waals surface area (Å²) in [6, 6.07) is 4.11. The summed E-state index contributed by atoms with van der Waals surface area (Å²) in [5.41, 5.74) is 0.232. The van der Waals surface area contributed by atoms with Gasteiger partial charge in [0.25, 0.3) is 0 Å². The van der Waals surface area contributed by atoms with Gasteiger partial charge in [-0.3, -0.25) is 4.90 Å². The van der Waals surface area contributed by atoms with E-state index in [-0.39, 0.29) is 6.04 Å². The Balaban J connectivity index is 1.94. The van der Waals surface area contributed by atoms with E-state index in [0.717, 1.165) is 55.1 Å². The van der Waals surface area contributed by atoms with Gasteiger partial charge in [-0.05, 0) is 42.5 Å². The van der Waals surface area contributed by atoms with E-state index in [4.69, 9.17) is 0 Å². The Morgan fingerprint density at radius 1 is 1.19 bits per heavy atom. The van der Waals surface area contributed by atoms with Crippen LogP contribution in [0.2, 0.25) is 0 Å². The van der Waals surface area contributed by atoms with Crippen LogP contribution in [0, 0.1) is 5.92 Å². The monoisotopic (exact) mass is 362 g/mol. The fourth-order valence-electron chi connectivity index (χ4n) is 3.07. The lowest BCUT2D eigenvalue weighted by atomic mass is 9.97. The van der Waals surface area contributed by atoms with Crippen LogP contribution in [0.3, 0.4) is 0 Å². The maximum Gasteiger partial charge on any atom is 0.416 e. The van der Waals surface area contributed by atoms with Crippen LogP contribution in [0.25, 0.3) is 0 Å². The number of rotatable bonds is 3. The van der Waals surface area contributed by atoms with Crippen LogP contribution in [-0.4, -0.2) is 31.1 Å². The molecule has 0 unspecified atom stereocenters. The predicted octanol–water partition coefficient (Wildman–Crippen LogP) is 3.82. The number of hydrogen-bond acceptors (Lipinski definition) is 2. The van der Waals surface area contributed by atoms with Crippen molar-refractivity contribution < 1.29 is 13.2 Å². The Kier molecular flexibility index (Phi) is 4.30. The van der Waals surface area contributed by atoms with Gasteiger partial charge >= 0.3 is 6.18 Å². The van der Waals surface area contributed by atoms with Crippen molar-refractivity contribution in [3.8, 4) is 0 Å². The number of benzene rings is 1. The smallest absolute Gasteiger partial charge is 0.314 e. The molecule has 2 fully saturated rings. The number of nitrogens with one attached hydrogen (secondary N) is 1. The lowest BCUT2D eigenvalue weighted by Crippen LogP contribution is -2.45. The minimum absolute atomic E-state index is 0.101. The Morgan fingerprint density at radius 2 is 1.86 bits per heavy atom. The first-order chi connectivity index (χ1) is 9.97. The molecule has 1 aromatic carbocycles. The minimum atomic E-state index is -4.28. The second kappa shape index (κ2) is 5.89. The normalized spacial score (nSPS) is 22.3. The standard InChI is InChI=1S/C15H18BrF3N2/c16-13-4-3-11(15(17,18)19)9-12(13)14(10-1-2-10)21-7-5-20-6-8-21/h3-4,9-10,14,20H,1-2,5-8H2/t14-/m1/s1. The second-order valence-corrected chi connectivity index (χ2v) is 6.66. The van der Waals surface area contributed by atoms with E-state index in [2.05, 4.69) is 26.1 Å². The van der Waals surface area contributed by atoms with Crippen molar-refractivity contribution in [3.05, 3.63) is 33.8 Å². The highest BCUT2D eigenvalue weighted by atomic mass is 79.9. The van der Waals surface area contributed by atoms with Gasteiger partial charge in [0.1, 0.15) is 0 Å². The van der Waals surface area contributed by atoms with Crippen molar-refractivity contribution in [2.75, 3.05) is 26.2 Å². The second-order valence-electron chi connectivity index (χ2n) is 5.80. The van der Waals surface area contributed by atoms with E-state index in [0.29, 0.717) is 5.92 Å². The molecule has 1 heterocycles. The van der Waals surface area contributed by atoms with E-state index in [9.17, 15) is 13.2 Å². The van der Waals surface area contributed by atoms with Gasteiger partial charge < -0.3 is 5.32 Å². The van der Waals surface area contributed by atoms with Crippen LogP contribution in [0.1, 0.15) is 30.0 Å². The van der Waals surface area contributed by atoms with E-state index in [1.807, 2.05) is 0 Å². The molecule has 1 N–H and O–H groups in total. The van der Waals surface area contributed by atoms with E-state index in [1.54, 1.807) is 0 Å². The topological polar surface area (TPSA) is 15.3 Å². The lowest BCUT2D eigenvalue weighted by Gasteiger charge is -2.36. The van der Waals surface area contributed by atoms with Crippen LogP contribution in [0.4, 0.5) is 13.2 Å². The molecule has 0 radical (unpaired) electrons. The summed E-state index contributed by atoms with van der Waals surface area (Å²) in [6.45, 7) is 3.59. The van der Waals surface area contributed by atoms with Gasteiger partial charge in [-0.2, -0.15) is 13.2 Å². The molecule has 3 rings (SSSR count). The van der Waals surface area contributed by atoms with Crippen molar-refractivity contribution in [1.82, 2.24) is 10.2 Å². The molecule has 1 aliphatic heterocycles. The Labute approximate surface area is 130 Å². The third-order valence-electron chi connectivity index (χ3n) is 4.26. The van der Waals surface area contributed by atoms with Crippen LogP contribution in [-0.2, 0) is 6.18 Å². The summed E-state index contributed by atoms with van der Waals surface area (Å²) >= 11 is 3.45. The molecule has 21 heavy (non-hydrogen) atoms. The SMILES string of the molecule is FC(F)(F)c1ccc(Br)c([C@@H](C2CC2)N2CCNCC2)c1. The highest BCUT2D eigenvalue weighted by Crippen LogP contribution is 2.47. The minimum Gasteiger partial charge on any atom is -0.314 e. The molecule has 0 amide bonds. The zero-order valence-electron chi connectivity index (χ0n) is 11.6. The summed E-state index contributed by atoms with van der Waals surface area (Å²) in [5, 5.41) is 3.30. The van der Waals surface area contributed by atoms with Crippen molar-refractivity contribution >= 4 is 15.9 Å². The van der Waals surface area contributed by atoms with Gasteiger partial charge in [-0.15, -0.1) is 0 Å². The first kappa shape index (κ1) is 15.3. The zero-order valence-corrected chi connectivity index (χ0v) is 13.2. The maximum absolute atomic E-state index is 13.0.